The van der Waals surface area contributed by atoms with Gasteiger partial charge in [-0.2, -0.15) is 0 Å². The van der Waals surface area contributed by atoms with Crippen LogP contribution in [0.4, 0.5) is 11.5 Å². The minimum atomic E-state index is -0.160. The fraction of sp³-hybridized carbons (Fsp3) is 0.312. The summed E-state index contributed by atoms with van der Waals surface area (Å²) < 4.78 is 0. The molecule has 2 heterocycles. The van der Waals surface area contributed by atoms with Crippen LogP contribution in [0.2, 0.25) is 0 Å². The number of hydrogen-bond donors (Lipinski definition) is 2. The average Bonchev–Trinajstić information content (AvgIpc) is 2.49. The molecule has 0 saturated carbocycles. The Morgan fingerprint density at radius 1 is 1.29 bits per heavy atom. The van der Waals surface area contributed by atoms with Gasteiger partial charge < -0.3 is 10.6 Å². The normalized spacial score (nSPS) is 10.5. The Labute approximate surface area is 124 Å². The Balaban J connectivity index is 2.30. The van der Waals surface area contributed by atoms with E-state index in [0.29, 0.717) is 11.4 Å². The van der Waals surface area contributed by atoms with E-state index in [1.54, 1.807) is 25.4 Å². The van der Waals surface area contributed by atoms with E-state index in [1.165, 1.54) is 0 Å². The Morgan fingerprint density at radius 3 is 2.67 bits per heavy atom. The van der Waals surface area contributed by atoms with E-state index >= 15 is 0 Å². The lowest BCUT2D eigenvalue weighted by atomic mass is 10.1. The second-order valence-electron chi connectivity index (χ2n) is 5.16. The molecular formula is C16H20N4O. The number of nitrogens with zero attached hydrogens (tertiary/aromatic N) is 2. The van der Waals surface area contributed by atoms with Gasteiger partial charge in [-0.1, -0.05) is 13.8 Å². The van der Waals surface area contributed by atoms with Crippen molar-refractivity contribution in [1.82, 2.24) is 9.97 Å². The van der Waals surface area contributed by atoms with Crippen LogP contribution in [0.5, 0.6) is 0 Å². The predicted molar refractivity (Wildman–Crippen MR) is 84.8 cm³/mol. The van der Waals surface area contributed by atoms with Gasteiger partial charge in [0.1, 0.15) is 5.82 Å². The number of anilines is 2. The van der Waals surface area contributed by atoms with Crippen LogP contribution in [0, 0.1) is 6.92 Å². The second kappa shape index (κ2) is 6.35. The summed E-state index contributed by atoms with van der Waals surface area (Å²) in [7, 11) is 1.79. The first-order chi connectivity index (χ1) is 10.0. The molecule has 0 bridgehead atoms. The van der Waals surface area contributed by atoms with Gasteiger partial charge >= 0.3 is 0 Å². The largest absolute Gasteiger partial charge is 0.373 e. The van der Waals surface area contributed by atoms with Crippen LogP contribution >= 0.6 is 0 Å². The molecule has 0 radical (unpaired) electrons. The molecule has 2 aromatic heterocycles. The predicted octanol–water partition coefficient (Wildman–Crippen LogP) is 3.20. The van der Waals surface area contributed by atoms with E-state index in [0.717, 1.165) is 17.1 Å². The third-order valence-corrected chi connectivity index (χ3v) is 3.21. The number of aryl methyl sites for hydroxylation is 1. The molecule has 0 unspecified atom stereocenters. The smallest absolute Gasteiger partial charge is 0.255 e. The number of carbonyl (C=O) groups excluding carboxylic acids is 1. The molecule has 21 heavy (non-hydrogen) atoms. The van der Waals surface area contributed by atoms with Gasteiger partial charge in [0.25, 0.3) is 5.91 Å². The molecule has 2 rings (SSSR count). The SMILES string of the molecule is CNc1cc(C(=O)Nc2cccnc2C)cc(C(C)C)n1. The summed E-state index contributed by atoms with van der Waals surface area (Å²) in [5.74, 6) is 0.783. The molecule has 110 valence electrons. The zero-order chi connectivity index (χ0) is 15.4. The van der Waals surface area contributed by atoms with E-state index < -0.39 is 0 Å². The highest BCUT2D eigenvalue weighted by atomic mass is 16.1. The fourth-order valence-corrected chi connectivity index (χ4v) is 1.92. The third kappa shape index (κ3) is 3.56. The topological polar surface area (TPSA) is 66.9 Å². The number of rotatable bonds is 4. The van der Waals surface area contributed by atoms with Crippen molar-refractivity contribution in [2.45, 2.75) is 26.7 Å². The van der Waals surface area contributed by atoms with E-state index in [2.05, 4.69) is 34.4 Å². The van der Waals surface area contributed by atoms with Gasteiger partial charge in [-0.15, -0.1) is 0 Å². The van der Waals surface area contributed by atoms with Gasteiger partial charge in [-0.3, -0.25) is 9.78 Å². The molecule has 0 aromatic carbocycles. The average molecular weight is 284 g/mol. The highest BCUT2D eigenvalue weighted by molar-refractivity contribution is 6.05. The maximum absolute atomic E-state index is 12.4. The van der Waals surface area contributed by atoms with Gasteiger partial charge in [-0.25, -0.2) is 4.98 Å². The molecule has 0 aliphatic heterocycles. The molecule has 5 heteroatoms. The van der Waals surface area contributed by atoms with Crippen molar-refractivity contribution in [2.75, 3.05) is 17.7 Å². The van der Waals surface area contributed by atoms with Crippen molar-refractivity contribution in [3.05, 3.63) is 47.4 Å². The first-order valence-electron chi connectivity index (χ1n) is 6.94. The van der Waals surface area contributed by atoms with Crippen molar-refractivity contribution in [3.63, 3.8) is 0 Å². The minimum absolute atomic E-state index is 0.160. The lowest BCUT2D eigenvalue weighted by molar-refractivity contribution is 0.102. The lowest BCUT2D eigenvalue weighted by Crippen LogP contribution is -2.14. The van der Waals surface area contributed by atoms with Crippen LogP contribution in [0.25, 0.3) is 0 Å². The molecule has 0 fully saturated rings. The fourth-order valence-electron chi connectivity index (χ4n) is 1.92. The molecule has 2 aromatic rings. The van der Waals surface area contributed by atoms with Crippen molar-refractivity contribution in [3.8, 4) is 0 Å². The van der Waals surface area contributed by atoms with Crippen LogP contribution in [0.3, 0.4) is 0 Å². The summed E-state index contributed by atoms with van der Waals surface area (Å²) in [5, 5.41) is 5.88. The number of pyridine rings is 2. The number of carbonyl (C=O) groups is 1. The Kier molecular flexibility index (Phi) is 4.52. The number of hydrogen-bond acceptors (Lipinski definition) is 4. The van der Waals surface area contributed by atoms with Crippen LogP contribution in [0.15, 0.2) is 30.5 Å². The summed E-state index contributed by atoms with van der Waals surface area (Å²) in [6.07, 6.45) is 1.70. The zero-order valence-electron chi connectivity index (χ0n) is 12.8. The van der Waals surface area contributed by atoms with Crippen LogP contribution < -0.4 is 10.6 Å². The van der Waals surface area contributed by atoms with Gasteiger partial charge in [0.05, 0.1) is 11.4 Å². The Hall–Kier alpha value is -2.43. The molecule has 1 amide bonds. The third-order valence-electron chi connectivity index (χ3n) is 3.21. The van der Waals surface area contributed by atoms with Crippen molar-refractivity contribution in [1.29, 1.82) is 0 Å². The molecular weight excluding hydrogens is 264 g/mol. The van der Waals surface area contributed by atoms with E-state index in [-0.39, 0.29) is 11.8 Å². The maximum atomic E-state index is 12.4. The maximum Gasteiger partial charge on any atom is 0.255 e. The molecule has 0 atom stereocenters. The molecule has 0 spiro atoms. The van der Waals surface area contributed by atoms with Gasteiger partial charge in [0.2, 0.25) is 0 Å². The first-order valence-corrected chi connectivity index (χ1v) is 6.94. The van der Waals surface area contributed by atoms with E-state index in [9.17, 15) is 4.79 Å². The molecule has 2 N–H and O–H groups in total. The highest BCUT2D eigenvalue weighted by Gasteiger charge is 2.12. The molecule has 0 saturated heterocycles. The van der Waals surface area contributed by atoms with Gasteiger partial charge in [-0.05, 0) is 37.1 Å². The van der Waals surface area contributed by atoms with Gasteiger partial charge in [0, 0.05) is 24.5 Å². The number of aromatic nitrogens is 2. The summed E-state index contributed by atoms with van der Waals surface area (Å²) in [6.45, 7) is 5.96. The van der Waals surface area contributed by atoms with E-state index in [1.807, 2.05) is 19.1 Å². The standard InChI is InChI=1S/C16H20N4O/c1-10(2)14-8-12(9-15(17-4)19-14)16(21)20-13-6-5-7-18-11(13)3/h5-10H,1-4H3,(H,17,19)(H,20,21). The summed E-state index contributed by atoms with van der Waals surface area (Å²) in [4.78, 5) is 21.0. The van der Waals surface area contributed by atoms with Crippen molar-refractivity contribution >= 4 is 17.4 Å². The Bertz CT molecular complexity index is 652. The molecule has 0 aliphatic carbocycles. The number of amides is 1. The Morgan fingerprint density at radius 2 is 2.05 bits per heavy atom. The second-order valence-corrected chi connectivity index (χ2v) is 5.16. The van der Waals surface area contributed by atoms with Crippen LogP contribution in [-0.4, -0.2) is 22.9 Å². The summed E-state index contributed by atoms with van der Waals surface area (Å²) in [6, 6.07) is 7.21. The quantitative estimate of drug-likeness (QED) is 0.904. The summed E-state index contributed by atoms with van der Waals surface area (Å²) >= 11 is 0. The zero-order valence-corrected chi connectivity index (χ0v) is 12.8. The summed E-state index contributed by atoms with van der Waals surface area (Å²) in [5.41, 5.74) is 2.98. The molecule has 0 aliphatic rings. The lowest BCUT2D eigenvalue weighted by Gasteiger charge is -2.12. The van der Waals surface area contributed by atoms with Crippen LogP contribution in [-0.2, 0) is 0 Å². The van der Waals surface area contributed by atoms with Gasteiger partial charge in [0.15, 0.2) is 0 Å². The van der Waals surface area contributed by atoms with Crippen molar-refractivity contribution in [2.24, 2.45) is 0 Å². The first kappa shape index (κ1) is 15.0. The van der Waals surface area contributed by atoms with Crippen LogP contribution in [0.1, 0.15) is 41.5 Å². The highest BCUT2D eigenvalue weighted by Crippen LogP contribution is 2.19. The van der Waals surface area contributed by atoms with E-state index in [4.69, 9.17) is 0 Å². The van der Waals surface area contributed by atoms with Crippen molar-refractivity contribution < 1.29 is 4.79 Å². The molecule has 5 nitrogen and oxygen atoms in total. The monoisotopic (exact) mass is 284 g/mol. The minimum Gasteiger partial charge on any atom is -0.373 e. The number of nitrogens with one attached hydrogen (secondary N) is 2.